The number of fused-ring (bicyclic) bond motifs is 1. The molecule has 26 heavy (non-hydrogen) atoms. The minimum Gasteiger partial charge on any atom is -0.466 e. The molecule has 0 radical (unpaired) electrons. The molecule has 7 heteroatoms. The van der Waals surface area contributed by atoms with Gasteiger partial charge in [0.1, 0.15) is 0 Å². The van der Waals surface area contributed by atoms with Gasteiger partial charge in [-0.15, -0.1) is 0 Å². The van der Waals surface area contributed by atoms with Crippen molar-refractivity contribution in [2.75, 3.05) is 6.61 Å². The Morgan fingerprint density at radius 2 is 2.08 bits per heavy atom. The van der Waals surface area contributed by atoms with E-state index in [1.165, 1.54) is 0 Å². The van der Waals surface area contributed by atoms with Crippen molar-refractivity contribution in [3.05, 3.63) is 40.4 Å². The molecule has 136 valence electrons. The monoisotopic (exact) mass is 416 g/mol. The van der Waals surface area contributed by atoms with Gasteiger partial charge in [-0.1, -0.05) is 0 Å². The highest BCUT2D eigenvalue weighted by Gasteiger charge is 2.19. The maximum Gasteiger partial charge on any atom is 0.306 e. The normalized spacial score (nSPS) is 11.1. The number of hydrogen-bond acceptors (Lipinski definition) is 5. The quantitative estimate of drug-likeness (QED) is 0.566. The van der Waals surface area contributed by atoms with E-state index in [9.17, 15) is 4.79 Å². The van der Waals surface area contributed by atoms with Gasteiger partial charge in [-0.3, -0.25) is 9.78 Å². The molecule has 6 nitrogen and oxygen atoms in total. The molecule has 0 amide bonds. The van der Waals surface area contributed by atoms with Crippen molar-refractivity contribution >= 4 is 32.9 Å². The van der Waals surface area contributed by atoms with E-state index in [1.807, 2.05) is 43.9 Å². The molecule has 0 atom stereocenters. The van der Waals surface area contributed by atoms with Gasteiger partial charge in [0.15, 0.2) is 5.65 Å². The van der Waals surface area contributed by atoms with Gasteiger partial charge in [0, 0.05) is 52.0 Å². The van der Waals surface area contributed by atoms with Crippen LogP contribution >= 0.6 is 15.9 Å². The minimum absolute atomic E-state index is 0.199. The first-order valence-electron chi connectivity index (χ1n) is 8.66. The Labute approximate surface area is 160 Å². The zero-order chi connectivity index (χ0) is 18.7. The standard InChI is InChI=1S/C19H21BrN4O2/c1-4-24-19-16(11-22-24)18(13-8-14(20)10-21-9-13)15(12(3)23-19)6-7-17(25)26-5-2/h8-11H,4-7H2,1-3H3. The smallest absolute Gasteiger partial charge is 0.306 e. The lowest BCUT2D eigenvalue weighted by Crippen LogP contribution is -2.08. The van der Waals surface area contributed by atoms with Crippen LogP contribution in [-0.4, -0.2) is 32.3 Å². The number of hydrogen-bond donors (Lipinski definition) is 0. The lowest BCUT2D eigenvalue weighted by atomic mass is 9.94. The summed E-state index contributed by atoms with van der Waals surface area (Å²) in [5.74, 6) is -0.199. The highest BCUT2D eigenvalue weighted by atomic mass is 79.9. The van der Waals surface area contributed by atoms with Crippen LogP contribution in [0.3, 0.4) is 0 Å². The van der Waals surface area contributed by atoms with Gasteiger partial charge in [0.2, 0.25) is 0 Å². The zero-order valence-electron chi connectivity index (χ0n) is 15.1. The van der Waals surface area contributed by atoms with Crippen LogP contribution in [-0.2, 0) is 22.5 Å². The van der Waals surface area contributed by atoms with Gasteiger partial charge in [-0.2, -0.15) is 5.10 Å². The maximum absolute atomic E-state index is 11.9. The van der Waals surface area contributed by atoms with Gasteiger partial charge in [-0.25, -0.2) is 9.67 Å². The highest BCUT2D eigenvalue weighted by molar-refractivity contribution is 9.10. The Kier molecular flexibility index (Phi) is 5.66. The Morgan fingerprint density at radius 1 is 1.27 bits per heavy atom. The Balaban J connectivity index is 2.17. The lowest BCUT2D eigenvalue weighted by molar-refractivity contribution is -0.143. The predicted molar refractivity (Wildman–Crippen MR) is 104 cm³/mol. The van der Waals surface area contributed by atoms with E-state index in [1.54, 1.807) is 6.20 Å². The van der Waals surface area contributed by atoms with E-state index >= 15 is 0 Å². The van der Waals surface area contributed by atoms with Crippen LogP contribution in [0.4, 0.5) is 0 Å². The van der Waals surface area contributed by atoms with Crippen molar-refractivity contribution < 1.29 is 9.53 Å². The maximum atomic E-state index is 11.9. The molecular formula is C19H21BrN4O2. The van der Waals surface area contributed by atoms with Crippen LogP contribution < -0.4 is 0 Å². The predicted octanol–water partition coefficient (Wildman–Crippen LogP) is 4.08. The summed E-state index contributed by atoms with van der Waals surface area (Å²) in [6, 6.07) is 2.03. The molecule has 3 rings (SSSR count). The summed E-state index contributed by atoms with van der Waals surface area (Å²) in [7, 11) is 0. The van der Waals surface area contributed by atoms with E-state index in [0.717, 1.165) is 44.4 Å². The zero-order valence-corrected chi connectivity index (χ0v) is 16.7. The van der Waals surface area contributed by atoms with Crippen molar-refractivity contribution in [1.29, 1.82) is 0 Å². The third-order valence-corrected chi connectivity index (χ3v) is 4.70. The molecule has 0 aliphatic rings. The fourth-order valence-corrected chi connectivity index (χ4v) is 3.48. The van der Waals surface area contributed by atoms with E-state index in [0.29, 0.717) is 19.4 Å². The summed E-state index contributed by atoms with van der Waals surface area (Å²) in [6.07, 6.45) is 6.30. The fraction of sp³-hybridized carbons (Fsp3) is 0.368. The SMILES string of the molecule is CCOC(=O)CCc1c(C)nc2c(cnn2CC)c1-c1cncc(Br)c1. The van der Waals surface area contributed by atoms with Crippen LogP contribution in [0.2, 0.25) is 0 Å². The Bertz CT molecular complexity index is 952. The average Bonchev–Trinajstić information content (AvgIpc) is 3.02. The number of rotatable bonds is 6. The molecule has 3 heterocycles. The molecule has 0 bridgehead atoms. The Morgan fingerprint density at radius 3 is 2.77 bits per heavy atom. The number of pyridine rings is 2. The topological polar surface area (TPSA) is 69.9 Å². The van der Waals surface area contributed by atoms with Gasteiger partial charge < -0.3 is 4.74 Å². The third-order valence-electron chi connectivity index (χ3n) is 4.27. The number of halogens is 1. The summed E-state index contributed by atoms with van der Waals surface area (Å²) < 4.78 is 7.86. The summed E-state index contributed by atoms with van der Waals surface area (Å²) in [5.41, 5.74) is 4.78. The number of nitrogens with zero attached hydrogens (tertiary/aromatic N) is 4. The van der Waals surface area contributed by atoms with Crippen LogP contribution in [0, 0.1) is 6.92 Å². The van der Waals surface area contributed by atoms with Gasteiger partial charge in [-0.05, 0) is 54.8 Å². The van der Waals surface area contributed by atoms with Crippen molar-refractivity contribution in [3.8, 4) is 11.1 Å². The summed E-state index contributed by atoms with van der Waals surface area (Å²) in [5, 5.41) is 5.43. The van der Waals surface area contributed by atoms with Crippen LogP contribution in [0.1, 0.15) is 31.5 Å². The number of ether oxygens (including phenoxy) is 1. The van der Waals surface area contributed by atoms with Gasteiger partial charge in [0.05, 0.1) is 12.8 Å². The third kappa shape index (κ3) is 3.62. The lowest BCUT2D eigenvalue weighted by Gasteiger charge is -2.14. The number of carbonyl (C=O) groups excluding carboxylic acids is 1. The molecule has 0 spiro atoms. The number of carbonyl (C=O) groups is 1. The van der Waals surface area contributed by atoms with Gasteiger partial charge in [0.25, 0.3) is 0 Å². The second-order valence-corrected chi connectivity index (χ2v) is 6.86. The first kappa shape index (κ1) is 18.5. The van der Waals surface area contributed by atoms with E-state index in [-0.39, 0.29) is 5.97 Å². The molecule has 0 saturated carbocycles. The summed E-state index contributed by atoms with van der Waals surface area (Å²) in [4.78, 5) is 20.9. The second-order valence-electron chi connectivity index (χ2n) is 5.95. The van der Waals surface area contributed by atoms with Crippen LogP contribution in [0.15, 0.2) is 29.1 Å². The molecule has 0 fully saturated rings. The molecule has 0 aliphatic carbocycles. The number of esters is 1. The summed E-state index contributed by atoms with van der Waals surface area (Å²) >= 11 is 3.50. The van der Waals surface area contributed by atoms with E-state index in [2.05, 4.69) is 26.0 Å². The molecule has 0 saturated heterocycles. The minimum atomic E-state index is -0.199. The average molecular weight is 417 g/mol. The van der Waals surface area contributed by atoms with Crippen molar-refractivity contribution in [2.24, 2.45) is 0 Å². The number of aromatic nitrogens is 4. The Hall–Kier alpha value is -2.28. The fourth-order valence-electron chi connectivity index (χ4n) is 3.12. The highest BCUT2D eigenvalue weighted by Crippen LogP contribution is 2.34. The van der Waals surface area contributed by atoms with E-state index in [4.69, 9.17) is 9.72 Å². The molecular weight excluding hydrogens is 396 g/mol. The molecule has 0 aliphatic heterocycles. The summed E-state index contributed by atoms with van der Waals surface area (Å²) in [6.45, 7) is 6.96. The van der Waals surface area contributed by atoms with Crippen LogP contribution in [0.25, 0.3) is 22.2 Å². The van der Waals surface area contributed by atoms with Crippen LogP contribution in [0.5, 0.6) is 0 Å². The largest absolute Gasteiger partial charge is 0.466 e. The second kappa shape index (κ2) is 7.95. The van der Waals surface area contributed by atoms with Crippen molar-refractivity contribution in [3.63, 3.8) is 0 Å². The van der Waals surface area contributed by atoms with Crippen molar-refractivity contribution in [2.45, 2.75) is 40.2 Å². The molecule has 3 aromatic rings. The number of aryl methyl sites for hydroxylation is 2. The van der Waals surface area contributed by atoms with E-state index < -0.39 is 0 Å². The van der Waals surface area contributed by atoms with Crippen molar-refractivity contribution in [1.82, 2.24) is 19.7 Å². The molecule has 3 aromatic heterocycles. The first-order valence-corrected chi connectivity index (χ1v) is 9.46. The van der Waals surface area contributed by atoms with Gasteiger partial charge >= 0.3 is 5.97 Å². The molecule has 0 aromatic carbocycles. The molecule has 0 N–H and O–H groups in total. The first-order chi connectivity index (χ1) is 12.5. The molecule has 0 unspecified atom stereocenters.